The van der Waals surface area contributed by atoms with Gasteiger partial charge in [-0.25, -0.2) is 4.39 Å². The summed E-state index contributed by atoms with van der Waals surface area (Å²) in [5, 5.41) is 4.12. The first-order valence-electron chi connectivity index (χ1n) is 6.37. The zero-order valence-corrected chi connectivity index (χ0v) is 12.9. The van der Waals surface area contributed by atoms with Gasteiger partial charge >= 0.3 is 0 Å². The highest BCUT2D eigenvalue weighted by Gasteiger charge is 2.23. The average Bonchev–Trinajstić information content (AvgIpc) is 2.82. The van der Waals surface area contributed by atoms with Crippen molar-refractivity contribution in [1.29, 1.82) is 0 Å². The summed E-state index contributed by atoms with van der Waals surface area (Å²) in [6, 6.07) is 6.24. The van der Waals surface area contributed by atoms with Crippen LogP contribution in [0.5, 0.6) is 0 Å². The van der Waals surface area contributed by atoms with E-state index in [0.29, 0.717) is 23.3 Å². The maximum atomic E-state index is 13.8. The second-order valence-electron chi connectivity index (χ2n) is 4.17. The smallest absolute Gasteiger partial charge is 0.262 e. The summed E-state index contributed by atoms with van der Waals surface area (Å²) in [5.74, 6) is -0.689. The fourth-order valence-corrected chi connectivity index (χ4v) is 2.59. The van der Waals surface area contributed by atoms with E-state index < -0.39 is 5.82 Å². The van der Waals surface area contributed by atoms with Crippen molar-refractivity contribution in [3.63, 3.8) is 0 Å². The molecule has 0 saturated heterocycles. The molecule has 0 aliphatic carbocycles. The third kappa shape index (κ3) is 2.60. The quantitative estimate of drug-likeness (QED) is 0.855. The molecule has 0 N–H and O–H groups in total. The summed E-state index contributed by atoms with van der Waals surface area (Å²) in [7, 11) is 0. The third-order valence-corrected chi connectivity index (χ3v) is 3.85. The highest BCUT2D eigenvalue weighted by molar-refractivity contribution is 9.10. The largest absolute Gasteiger partial charge is 0.306 e. The molecule has 106 valence electrons. The molecule has 2 aromatic rings. The zero-order valence-electron chi connectivity index (χ0n) is 11.3. The number of benzene rings is 1. The third-order valence-electron chi connectivity index (χ3n) is 3.01. The molecule has 1 aromatic carbocycles. The van der Waals surface area contributed by atoms with Gasteiger partial charge in [-0.3, -0.25) is 9.48 Å². The minimum absolute atomic E-state index is 0.274. The molecule has 0 atom stereocenters. The lowest BCUT2D eigenvalue weighted by molar-refractivity contribution is 0.0986. The number of para-hydroxylation sites is 1. The van der Waals surface area contributed by atoms with Crippen molar-refractivity contribution in [2.45, 2.75) is 20.4 Å². The molecule has 0 radical (unpaired) electrons. The Hall–Kier alpha value is -1.69. The summed E-state index contributed by atoms with van der Waals surface area (Å²) in [6.07, 6.45) is 1.50. The van der Waals surface area contributed by atoms with Crippen LogP contribution in [-0.2, 0) is 6.54 Å². The van der Waals surface area contributed by atoms with Gasteiger partial charge in [-0.1, -0.05) is 12.1 Å². The Kier molecular flexibility index (Phi) is 4.54. The molecule has 0 aliphatic rings. The van der Waals surface area contributed by atoms with Crippen molar-refractivity contribution in [2.24, 2.45) is 0 Å². The van der Waals surface area contributed by atoms with Crippen molar-refractivity contribution in [1.82, 2.24) is 9.78 Å². The van der Waals surface area contributed by atoms with Crippen LogP contribution >= 0.6 is 15.9 Å². The van der Waals surface area contributed by atoms with Gasteiger partial charge in [0.2, 0.25) is 0 Å². The highest BCUT2D eigenvalue weighted by atomic mass is 79.9. The van der Waals surface area contributed by atoms with Crippen LogP contribution in [0.2, 0.25) is 0 Å². The van der Waals surface area contributed by atoms with Gasteiger partial charge in [0.1, 0.15) is 10.4 Å². The Morgan fingerprint density at radius 1 is 1.40 bits per heavy atom. The summed E-state index contributed by atoms with van der Waals surface area (Å²) >= 11 is 3.36. The first-order chi connectivity index (χ1) is 9.60. The standard InChI is InChI=1S/C14H15BrFN3O/c1-3-18(12-8-6-5-7-11(12)16)14(20)10-9-17-19(4-2)13(10)15/h5-9H,3-4H2,1-2H3. The molecule has 0 spiro atoms. The van der Waals surface area contributed by atoms with Gasteiger partial charge in [-0.2, -0.15) is 5.10 Å². The van der Waals surface area contributed by atoms with E-state index in [1.54, 1.807) is 22.9 Å². The molecule has 2 rings (SSSR count). The molecule has 4 nitrogen and oxygen atoms in total. The van der Waals surface area contributed by atoms with Gasteiger partial charge in [0.25, 0.3) is 5.91 Å². The predicted octanol–water partition coefficient (Wildman–Crippen LogP) is 3.47. The molecule has 1 heterocycles. The normalized spacial score (nSPS) is 10.6. The molecule has 0 aliphatic heterocycles. The number of aryl methyl sites for hydroxylation is 1. The second-order valence-corrected chi connectivity index (χ2v) is 4.92. The van der Waals surface area contributed by atoms with Crippen molar-refractivity contribution in [3.8, 4) is 0 Å². The Morgan fingerprint density at radius 3 is 2.65 bits per heavy atom. The maximum Gasteiger partial charge on any atom is 0.262 e. The molecule has 1 aromatic heterocycles. The van der Waals surface area contributed by atoms with E-state index in [1.807, 2.05) is 13.8 Å². The van der Waals surface area contributed by atoms with E-state index in [-0.39, 0.29) is 11.6 Å². The Balaban J connectivity index is 2.39. The van der Waals surface area contributed by atoms with Crippen LogP contribution in [-0.4, -0.2) is 22.2 Å². The predicted molar refractivity (Wildman–Crippen MR) is 79.4 cm³/mol. The Labute approximate surface area is 125 Å². The van der Waals surface area contributed by atoms with Crippen LogP contribution in [0.4, 0.5) is 10.1 Å². The lowest BCUT2D eigenvalue weighted by atomic mass is 10.2. The Morgan fingerprint density at radius 2 is 2.10 bits per heavy atom. The lowest BCUT2D eigenvalue weighted by Gasteiger charge is -2.21. The molecule has 0 saturated carbocycles. The molecule has 6 heteroatoms. The van der Waals surface area contributed by atoms with Crippen molar-refractivity contribution in [2.75, 3.05) is 11.4 Å². The minimum atomic E-state index is -0.415. The molecule has 0 bridgehead atoms. The minimum Gasteiger partial charge on any atom is -0.306 e. The van der Waals surface area contributed by atoms with Crippen LogP contribution in [0.1, 0.15) is 24.2 Å². The fraction of sp³-hybridized carbons (Fsp3) is 0.286. The SMILES string of the molecule is CCN(C(=O)c1cnn(CC)c1Br)c1ccccc1F. The van der Waals surface area contributed by atoms with Gasteiger partial charge in [0, 0.05) is 13.1 Å². The lowest BCUT2D eigenvalue weighted by Crippen LogP contribution is -2.31. The second kappa shape index (κ2) is 6.17. The van der Waals surface area contributed by atoms with Crippen molar-refractivity contribution < 1.29 is 9.18 Å². The van der Waals surface area contributed by atoms with E-state index in [2.05, 4.69) is 21.0 Å². The number of rotatable bonds is 4. The van der Waals surface area contributed by atoms with Crippen molar-refractivity contribution >= 4 is 27.5 Å². The number of amides is 1. The summed E-state index contributed by atoms with van der Waals surface area (Å²) < 4.78 is 16.1. The monoisotopic (exact) mass is 339 g/mol. The number of carbonyl (C=O) groups excluding carboxylic acids is 1. The first-order valence-corrected chi connectivity index (χ1v) is 7.17. The van der Waals surface area contributed by atoms with Gasteiger partial charge in [0.15, 0.2) is 0 Å². The number of halogens is 2. The number of carbonyl (C=O) groups is 1. The van der Waals surface area contributed by atoms with Gasteiger partial charge in [-0.05, 0) is 41.9 Å². The van der Waals surface area contributed by atoms with Crippen LogP contribution < -0.4 is 4.90 Å². The van der Waals surface area contributed by atoms with Crippen LogP contribution in [0, 0.1) is 5.82 Å². The number of hydrogen-bond acceptors (Lipinski definition) is 2. The number of anilines is 1. The maximum absolute atomic E-state index is 13.8. The van der Waals surface area contributed by atoms with Crippen LogP contribution in [0.3, 0.4) is 0 Å². The van der Waals surface area contributed by atoms with Gasteiger partial charge in [0.05, 0.1) is 17.4 Å². The molecular formula is C14H15BrFN3O. The van der Waals surface area contributed by atoms with E-state index in [1.165, 1.54) is 17.2 Å². The number of hydrogen-bond donors (Lipinski definition) is 0. The topological polar surface area (TPSA) is 38.1 Å². The van der Waals surface area contributed by atoms with Gasteiger partial charge in [-0.15, -0.1) is 0 Å². The fourth-order valence-electron chi connectivity index (χ4n) is 1.97. The van der Waals surface area contributed by atoms with E-state index in [4.69, 9.17) is 0 Å². The first kappa shape index (κ1) is 14.7. The van der Waals surface area contributed by atoms with E-state index >= 15 is 0 Å². The van der Waals surface area contributed by atoms with Crippen LogP contribution in [0.25, 0.3) is 0 Å². The average molecular weight is 340 g/mol. The molecular weight excluding hydrogens is 325 g/mol. The summed E-state index contributed by atoms with van der Waals surface area (Å²) in [5.41, 5.74) is 0.702. The zero-order chi connectivity index (χ0) is 14.7. The van der Waals surface area contributed by atoms with Gasteiger partial charge < -0.3 is 4.90 Å². The molecule has 20 heavy (non-hydrogen) atoms. The molecule has 0 unspecified atom stereocenters. The highest BCUT2D eigenvalue weighted by Crippen LogP contribution is 2.24. The van der Waals surface area contributed by atoms with E-state index in [9.17, 15) is 9.18 Å². The van der Waals surface area contributed by atoms with Crippen molar-refractivity contribution in [3.05, 3.63) is 46.4 Å². The summed E-state index contributed by atoms with van der Waals surface area (Å²) in [6.45, 7) is 4.77. The number of nitrogens with zero attached hydrogens (tertiary/aromatic N) is 3. The van der Waals surface area contributed by atoms with Crippen LogP contribution in [0.15, 0.2) is 35.1 Å². The van der Waals surface area contributed by atoms with E-state index in [0.717, 1.165) is 0 Å². The molecule has 0 fully saturated rings. The molecule has 1 amide bonds. The summed E-state index contributed by atoms with van der Waals surface area (Å²) in [4.78, 5) is 14.0. The number of aromatic nitrogens is 2. The Bertz CT molecular complexity index is 627.